The highest BCUT2D eigenvalue weighted by Crippen LogP contribution is 2.42. The van der Waals surface area contributed by atoms with E-state index >= 15 is 0 Å². The molecule has 0 radical (unpaired) electrons. The van der Waals surface area contributed by atoms with Crippen LogP contribution < -0.4 is 0 Å². The molecule has 0 aliphatic carbocycles. The highest BCUT2D eigenvalue weighted by molar-refractivity contribution is 6.26. The summed E-state index contributed by atoms with van der Waals surface area (Å²) in [4.78, 5) is 0. The number of nitrogens with zero attached hydrogens (tertiary/aromatic N) is 4. The Balaban J connectivity index is 0.000000176. The molecule has 0 fully saturated rings. The molecule has 4 aromatic heterocycles. The van der Waals surface area contributed by atoms with E-state index in [0.29, 0.717) is 10.3 Å². The molecule has 4 heterocycles. The molecule has 0 amide bonds. The quantitative estimate of drug-likeness (QED) is 0.142. The van der Waals surface area contributed by atoms with E-state index in [1.165, 1.54) is 11.5 Å². The summed E-state index contributed by atoms with van der Waals surface area (Å²) in [6, 6.07) is -2.77. The van der Waals surface area contributed by atoms with Crippen molar-refractivity contribution in [1.29, 1.82) is 0 Å². The summed E-state index contributed by atoms with van der Waals surface area (Å²) in [6.45, 7) is 1.30. The third-order valence-electron chi connectivity index (χ3n) is 16.7. The first-order valence-electron chi connectivity index (χ1n) is 50.4. The van der Waals surface area contributed by atoms with Gasteiger partial charge in [0.25, 0.3) is 0 Å². The maximum absolute atomic E-state index is 9.90. The Morgan fingerprint density at radius 2 is 0.547 bits per heavy atom. The fourth-order valence-corrected chi connectivity index (χ4v) is 12.6. The zero-order valence-corrected chi connectivity index (χ0v) is 48.9. The van der Waals surface area contributed by atoms with Crippen molar-refractivity contribution in [2.75, 3.05) is 0 Å². The molecule has 4 nitrogen and oxygen atoms in total. The lowest BCUT2D eigenvalue weighted by atomic mass is 9.92. The lowest BCUT2D eigenvalue weighted by Crippen LogP contribution is -1.96. The molecule has 20 rings (SSSR count). The van der Waals surface area contributed by atoms with Crippen molar-refractivity contribution in [2.45, 2.75) is 6.92 Å². The first-order chi connectivity index (χ1) is 64.6. The minimum absolute atomic E-state index is 0.0799. The minimum Gasteiger partial charge on any atom is -0.309 e. The molecular weight excluding hydrogens is 1150 g/mol. The molecule has 20 aromatic rings. The molecule has 0 N–H and O–H groups in total. The van der Waals surface area contributed by atoms with Crippen molar-refractivity contribution in [1.82, 2.24) is 18.3 Å². The lowest BCUT2D eigenvalue weighted by Gasteiger charge is -2.13. The van der Waals surface area contributed by atoms with Crippen LogP contribution in [0.15, 0.2) is 345 Å². The Kier molecular flexibility index (Phi) is 6.20. The molecule has 95 heavy (non-hydrogen) atoms. The van der Waals surface area contributed by atoms with E-state index in [-0.39, 0.29) is 49.2 Å². The van der Waals surface area contributed by atoms with Crippen LogP contribution in [-0.2, 0) is 0 Å². The Morgan fingerprint density at radius 1 is 0.200 bits per heavy atom. The second-order valence-electron chi connectivity index (χ2n) is 22.0. The molecule has 0 saturated heterocycles. The van der Waals surface area contributed by atoms with E-state index in [2.05, 4.69) is 36.4 Å². The molecule has 0 unspecified atom stereocenters. The van der Waals surface area contributed by atoms with Crippen molar-refractivity contribution >= 4 is 120 Å². The number of hydrogen-bond acceptors (Lipinski definition) is 0. The highest BCUT2D eigenvalue weighted by Gasteiger charge is 2.20. The van der Waals surface area contributed by atoms with Crippen molar-refractivity contribution in [2.24, 2.45) is 0 Å². The highest BCUT2D eigenvalue weighted by atomic mass is 15.0. The summed E-state index contributed by atoms with van der Waals surface area (Å²) < 4.78 is 379. The Labute approximate surface area is 607 Å². The Bertz CT molecular complexity index is 8860. The largest absolute Gasteiger partial charge is 0.309 e. The third kappa shape index (κ3) is 8.76. The molecule has 0 bridgehead atoms. The molecule has 0 spiro atoms. The SMILES string of the molecule is [2H]c1c([2H])c(C)c([2H])c(-c2c([2H])c([2H])c(-c3c([2H])c([2H])c(-n4c5c([2H])c([2H])c([2H])c([2H])c5c5c([2H])c(-n6c7c([2H])c([2H])c([2H])c([2H])c7c7c([2H])c([2H])c([2H])c([2H])c76)c([2H])c([2H])c54)c([2H])c3[2H])c([2H])c2[2H])c1[2H].[2H]c1c([2H])c([2H])c2c(c1[2H])c1c([2H])c(-n3c4c([2H])c([2H])c([2H])c([2H])c4c4c([2H])c([2H])c([2H])c([2H])c43)c([2H])c([2H])c1n2-c1cccc(-c2ccc3c4ccccc4c4ccccc4c3c2)c1. The predicted molar refractivity (Wildman–Crippen MR) is 404 cm³/mol. The fourth-order valence-electron chi connectivity index (χ4n) is 12.6. The van der Waals surface area contributed by atoms with Gasteiger partial charge in [-0.3, -0.25) is 0 Å². The lowest BCUT2D eigenvalue weighted by molar-refractivity contribution is 1.17. The number of fused-ring (bicyclic) bond motifs is 18. The van der Waals surface area contributed by atoms with Crippen molar-refractivity contribution in [3.8, 4) is 56.1 Å². The summed E-state index contributed by atoms with van der Waals surface area (Å²) in [5.41, 5.74) is -6.30. The van der Waals surface area contributed by atoms with E-state index in [1.807, 2.05) is 42.5 Å². The Hall–Kier alpha value is -12.5. The molecular formula is C91H60N4. The summed E-state index contributed by atoms with van der Waals surface area (Å²) >= 11 is 0. The normalized spacial score (nSPS) is 18.0. The number of rotatable bonds is 7. The molecule has 16 aromatic carbocycles. The van der Waals surface area contributed by atoms with Gasteiger partial charge < -0.3 is 18.3 Å². The monoisotopic (exact) mass is 1250 g/mol. The van der Waals surface area contributed by atoms with E-state index in [1.54, 1.807) is 12.1 Å². The van der Waals surface area contributed by atoms with Crippen LogP contribution in [0.2, 0.25) is 0 Å². The number of hydrogen-bond donors (Lipinski definition) is 0. The predicted octanol–water partition coefficient (Wildman–Crippen LogP) is 24.5. The topological polar surface area (TPSA) is 19.7 Å². The molecule has 4 heteroatoms. The molecule has 0 saturated carbocycles. The second-order valence-corrected chi connectivity index (χ2v) is 22.0. The van der Waals surface area contributed by atoms with Crippen LogP contribution in [0.3, 0.4) is 0 Å². The van der Waals surface area contributed by atoms with Gasteiger partial charge in [0.2, 0.25) is 0 Å². The van der Waals surface area contributed by atoms with E-state index < -0.39 is 337 Å². The summed E-state index contributed by atoms with van der Waals surface area (Å²) in [5, 5.41) is 3.52. The summed E-state index contributed by atoms with van der Waals surface area (Å²) in [6.07, 6.45) is 0. The third-order valence-corrected chi connectivity index (χ3v) is 16.7. The van der Waals surface area contributed by atoms with Crippen molar-refractivity contribution < 1.29 is 57.6 Å². The molecule has 0 atom stereocenters. The van der Waals surface area contributed by atoms with E-state index in [4.69, 9.17) is 41.1 Å². The molecule has 0 aliphatic heterocycles. The fraction of sp³-hybridized carbons (Fsp3) is 0.0110. The molecule has 444 valence electrons. The van der Waals surface area contributed by atoms with Gasteiger partial charge in [-0.15, -0.1) is 0 Å². The van der Waals surface area contributed by atoms with Gasteiger partial charge in [-0.25, -0.2) is 0 Å². The van der Waals surface area contributed by atoms with Gasteiger partial charge in [0.05, 0.1) is 102 Å². The van der Waals surface area contributed by atoms with Crippen LogP contribution in [0.1, 0.15) is 63.1 Å². The average molecular weight is 1250 g/mol. The van der Waals surface area contributed by atoms with Crippen LogP contribution in [0.5, 0.6) is 0 Å². The maximum atomic E-state index is 9.90. The van der Waals surface area contributed by atoms with Crippen LogP contribution in [0.4, 0.5) is 0 Å². The smallest absolute Gasteiger partial charge is 0.0652 e. The van der Waals surface area contributed by atoms with Crippen molar-refractivity contribution in [3.05, 3.63) is 350 Å². The standard InChI is InChI=1S/C48H30N2.C43H30N2/c1-2-16-37-35(14-1)36-15-3-4-17-38(36)43-29-32(24-26-39(37)43)31-12-11-13-33(28-31)49-47-23-10-7-20-42(47)44-30-34(25-27-48(44)49)50-45-21-8-5-18-40(45)41-19-6-9-22-46(41)50;1-29-9-8-10-33(27-29)32-19-17-30(18-20-32)31-21-23-34(24-22-31)44-42-16-7-4-13-38(42)39-28-35(25-26-43(39)44)45-40-14-5-2-11-36(40)37-12-3-6-15-41(37)45/h1-30H;2-28H,1H3/i5D,6D,7D,8D,9D,10D,18D,19D,20D,21D,22D,23D,25D,27D,30D;2D,3D,4D,5D,6D,7D,8D,9D,10D,11D,12D,13D,14D,15D,16D,17D,18D,19D,20D,21D,22D,23D,24D,25D,26D,27D,28D. The molecule has 0 aliphatic rings. The number of para-hydroxylation sites is 6. The van der Waals surface area contributed by atoms with Gasteiger partial charge in [0, 0.05) is 65.8 Å². The number of benzene rings is 16. The average Bonchev–Trinajstić information content (AvgIpc) is 1.60. The second kappa shape index (κ2) is 21.8. The number of aromatic nitrogens is 4. The van der Waals surface area contributed by atoms with Crippen LogP contribution in [0.25, 0.3) is 176 Å². The van der Waals surface area contributed by atoms with Crippen LogP contribution in [0, 0.1) is 6.92 Å². The van der Waals surface area contributed by atoms with E-state index in [0.717, 1.165) is 52.6 Å². The van der Waals surface area contributed by atoms with Gasteiger partial charge in [0.1, 0.15) is 0 Å². The van der Waals surface area contributed by atoms with E-state index in [9.17, 15) is 16.4 Å². The van der Waals surface area contributed by atoms with Crippen molar-refractivity contribution in [3.63, 3.8) is 0 Å². The summed E-state index contributed by atoms with van der Waals surface area (Å²) in [5.74, 6) is 0. The minimum atomic E-state index is -1.06. The van der Waals surface area contributed by atoms with Gasteiger partial charge in [-0.2, -0.15) is 0 Å². The van der Waals surface area contributed by atoms with Gasteiger partial charge >= 0.3 is 0 Å². The van der Waals surface area contributed by atoms with Gasteiger partial charge in [-0.1, -0.05) is 248 Å². The zero-order valence-electron chi connectivity index (χ0n) is 90.9. The maximum Gasteiger partial charge on any atom is 0.0652 e. The first kappa shape index (κ1) is 27.0. The zero-order chi connectivity index (χ0) is 99.2. The van der Waals surface area contributed by atoms with Gasteiger partial charge in [-0.05, 0) is 175 Å². The van der Waals surface area contributed by atoms with Gasteiger partial charge in [0.15, 0.2) is 0 Å². The van der Waals surface area contributed by atoms with Crippen LogP contribution >= 0.6 is 0 Å². The summed E-state index contributed by atoms with van der Waals surface area (Å²) in [7, 11) is 0. The Morgan fingerprint density at radius 3 is 1.01 bits per heavy atom. The van der Waals surface area contributed by atoms with Crippen LogP contribution in [-0.4, -0.2) is 18.3 Å². The first-order valence-corrected chi connectivity index (χ1v) is 29.4.